The predicted molar refractivity (Wildman–Crippen MR) is 45.2 cm³/mol. The second kappa shape index (κ2) is 5.52. The second-order valence-corrected chi connectivity index (χ2v) is 4.60. The van der Waals surface area contributed by atoms with Gasteiger partial charge in [0.2, 0.25) is 10.3 Å². The molecular weight excluding hydrogens is 228 g/mol. The summed E-state index contributed by atoms with van der Waals surface area (Å²) in [4.78, 5) is 0. The average Bonchev–Trinajstić information content (AvgIpc) is 1.84. The van der Waals surface area contributed by atoms with Gasteiger partial charge in [-0.3, -0.25) is 4.18 Å². The van der Waals surface area contributed by atoms with E-state index in [1.807, 2.05) is 0 Å². The van der Waals surface area contributed by atoms with Crippen LogP contribution in [0.3, 0.4) is 0 Å². The summed E-state index contributed by atoms with van der Waals surface area (Å²) in [7, 11) is -6.81. The highest BCUT2D eigenvalue weighted by molar-refractivity contribution is 8.10. The molecule has 0 aliphatic carbocycles. The Morgan fingerprint density at radius 2 is 2.00 bits per heavy atom. The lowest BCUT2D eigenvalue weighted by Gasteiger charge is -1.96. The molecule has 0 bridgehead atoms. The lowest BCUT2D eigenvalue weighted by atomic mass is 10.5. The number of rotatable bonds is 5. The number of alkyl halides is 1. The Balaban J connectivity index is 4.17. The van der Waals surface area contributed by atoms with Gasteiger partial charge in [0.25, 0.3) is 0 Å². The van der Waals surface area contributed by atoms with Gasteiger partial charge in [-0.15, -0.1) is 11.6 Å². The highest BCUT2D eigenvalue weighted by Crippen LogP contribution is 1.92. The monoisotopic (exact) mass is 234 g/mol. The third kappa shape index (κ3) is 6.59. The molecule has 0 saturated carbocycles. The topological polar surface area (TPSA) is 77.5 Å². The van der Waals surface area contributed by atoms with Gasteiger partial charge in [-0.2, -0.15) is 16.8 Å². The summed E-state index contributed by atoms with van der Waals surface area (Å²) in [6.07, 6.45) is 0.347. The van der Waals surface area contributed by atoms with E-state index in [-0.39, 0.29) is 17.2 Å². The third-order valence-electron chi connectivity index (χ3n) is 0.722. The molecule has 0 aliphatic rings. The van der Waals surface area contributed by atoms with Crippen molar-refractivity contribution in [1.29, 1.82) is 0 Å². The molecule has 0 aromatic rings. The Morgan fingerprint density at radius 3 is 2.42 bits per heavy atom. The Hall–Kier alpha value is -0.110. The van der Waals surface area contributed by atoms with Crippen molar-refractivity contribution >= 4 is 36.7 Å². The summed E-state index contributed by atoms with van der Waals surface area (Å²) < 4.78 is 45.3. The third-order valence-corrected chi connectivity index (χ3v) is 3.06. The van der Waals surface area contributed by atoms with Gasteiger partial charge < -0.3 is 0 Å². The molecular formula is C4H7ClO5S2. The van der Waals surface area contributed by atoms with Gasteiger partial charge in [0.1, 0.15) is 0 Å². The van der Waals surface area contributed by atoms with Gasteiger partial charge in [-0.05, 0) is 6.42 Å². The van der Waals surface area contributed by atoms with Crippen molar-refractivity contribution in [3.63, 3.8) is 0 Å². The van der Waals surface area contributed by atoms with E-state index in [2.05, 4.69) is 4.18 Å². The quantitative estimate of drug-likeness (QED) is 0.280. The molecule has 12 heavy (non-hydrogen) atoms. The summed E-state index contributed by atoms with van der Waals surface area (Å²) >= 11 is 5.23. The first-order valence-corrected chi connectivity index (χ1v) is 6.00. The Bertz CT molecular complexity index is 332. The SMILES string of the molecule is O=S(=O)=CS(=O)(=O)OCCCCl. The normalized spacial score (nSPS) is 11.1. The van der Waals surface area contributed by atoms with Crippen LogP contribution < -0.4 is 0 Å². The zero-order valence-electron chi connectivity index (χ0n) is 5.93. The molecule has 0 heterocycles. The molecule has 0 atom stereocenters. The zero-order valence-corrected chi connectivity index (χ0v) is 8.32. The smallest absolute Gasteiger partial charge is 0.266 e. The fraction of sp³-hybridized carbons (Fsp3) is 0.750. The standard InChI is InChI=1S/C4H7ClO5S2/c5-2-1-3-10-12(8,9)4-11(6)7/h4H,1-3H2. The number of hydrogen-bond donors (Lipinski definition) is 0. The average molecular weight is 235 g/mol. The van der Waals surface area contributed by atoms with E-state index in [9.17, 15) is 16.8 Å². The Morgan fingerprint density at radius 1 is 1.42 bits per heavy atom. The van der Waals surface area contributed by atoms with Crippen LogP contribution in [0, 0.1) is 0 Å². The van der Waals surface area contributed by atoms with Crippen LogP contribution in [-0.2, 0) is 24.6 Å². The molecule has 0 rings (SSSR count). The minimum atomic E-state index is -4.05. The van der Waals surface area contributed by atoms with Gasteiger partial charge >= 0.3 is 10.1 Å². The van der Waals surface area contributed by atoms with E-state index in [1.165, 1.54) is 0 Å². The molecule has 0 spiro atoms. The van der Waals surface area contributed by atoms with Crippen LogP contribution in [0.4, 0.5) is 0 Å². The molecule has 72 valence electrons. The first-order chi connectivity index (χ1) is 5.48. The van der Waals surface area contributed by atoms with Crippen LogP contribution in [0.25, 0.3) is 0 Å². The zero-order chi connectivity index (χ0) is 9.61. The van der Waals surface area contributed by atoms with Crippen molar-refractivity contribution in [1.82, 2.24) is 0 Å². The minimum Gasteiger partial charge on any atom is -0.266 e. The van der Waals surface area contributed by atoms with E-state index in [0.29, 0.717) is 6.42 Å². The molecule has 0 amide bonds. The molecule has 0 unspecified atom stereocenters. The van der Waals surface area contributed by atoms with Crippen molar-refractivity contribution in [2.45, 2.75) is 6.42 Å². The van der Waals surface area contributed by atoms with Gasteiger partial charge in [0.15, 0.2) is 4.70 Å². The van der Waals surface area contributed by atoms with Crippen molar-refractivity contribution in [3.8, 4) is 0 Å². The van der Waals surface area contributed by atoms with Crippen molar-refractivity contribution in [2.75, 3.05) is 12.5 Å². The van der Waals surface area contributed by atoms with Gasteiger partial charge in [-0.1, -0.05) is 0 Å². The first-order valence-electron chi connectivity index (χ1n) is 2.86. The summed E-state index contributed by atoms with van der Waals surface area (Å²) in [6, 6.07) is 0. The van der Waals surface area contributed by atoms with Crippen LogP contribution in [0.1, 0.15) is 6.42 Å². The lowest BCUT2D eigenvalue weighted by Crippen LogP contribution is -2.08. The van der Waals surface area contributed by atoms with Crippen LogP contribution >= 0.6 is 11.6 Å². The van der Waals surface area contributed by atoms with E-state index < -0.39 is 20.4 Å². The van der Waals surface area contributed by atoms with Gasteiger partial charge in [0, 0.05) is 5.88 Å². The lowest BCUT2D eigenvalue weighted by molar-refractivity contribution is 0.328. The molecule has 0 aromatic carbocycles. The van der Waals surface area contributed by atoms with E-state index in [4.69, 9.17) is 11.6 Å². The van der Waals surface area contributed by atoms with Crippen molar-refractivity contribution < 1.29 is 21.0 Å². The van der Waals surface area contributed by atoms with Crippen LogP contribution in [0.5, 0.6) is 0 Å². The fourth-order valence-electron chi connectivity index (χ4n) is 0.354. The maximum Gasteiger partial charge on any atom is 0.304 e. The van der Waals surface area contributed by atoms with Crippen molar-refractivity contribution in [2.24, 2.45) is 0 Å². The van der Waals surface area contributed by atoms with Crippen LogP contribution in [-0.4, -0.2) is 34.0 Å². The van der Waals surface area contributed by atoms with Crippen molar-refractivity contribution in [3.05, 3.63) is 0 Å². The highest BCUT2D eigenvalue weighted by atomic mass is 35.5. The minimum absolute atomic E-state index is 0.0984. The fourth-order valence-corrected chi connectivity index (χ4v) is 1.80. The largest absolute Gasteiger partial charge is 0.304 e. The summed E-state index contributed by atoms with van der Waals surface area (Å²) in [5, 5.41) is 0. The van der Waals surface area contributed by atoms with Crippen LogP contribution in [0.2, 0.25) is 0 Å². The van der Waals surface area contributed by atoms with Crippen LogP contribution in [0.15, 0.2) is 0 Å². The molecule has 8 heteroatoms. The number of hydrogen-bond acceptors (Lipinski definition) is 5. The number of halogens is 1. The van der Waals surface area contributed by atoms with E-state index >= 15 is 0 Å². The molecule has 0 aromatic heterocycles. The highest BCUT2D eigenvalue weighted by Gasteiger charge is 2.06. The summed E-state index contributed by atoms with van der Waals surface area (Å²) in [5.74, 6) is 0.260. The summed E-state index contributed by atoms with van der Waals surface area (Å²) in [6.45, 7) is -0.112. The van der Waals surface area contributed by atoms with E-state index in [0.717, 1.165) is 0 Å². The second-order valence-electron chi connectivity index (χ2n) is 1.71. The molecule has 0 aliphatic heterocycles. The molecule has 0 saturated heterocycles. The molecule has 0 radical (unpaired) electrons. The predicted octanol–water partition coefficient (Wildman–Crippen LogP) is -0.399. The van der Waals surface area contributed by atoms with E-state index in [1.54, 1.807) is 0 Å². The Kier molecular flexibility index (Phi) is 5.47. The molecule has 0 fully saturated rings. The molecule has 0 N–H and O–H groups in total. The van der Waals surface area contributed by atoms with Gasteiger partial charge in [-0.25, -0.2) is 0 Å². The molecule has 5 nitrogen and oxygen atoms in total. The maximum absolute atomic E-state index is 10.6. The first kappa shape index (κ1) is 11.9. The Labute approximate surface area is 76.9 Å². The maximum atomic E-state index is 10.6. The summed E-state index contributed by atoms with van der Waals surface area (Å²) in [5.41, 5.74) is 0. The van der Waals surface area contributed by atoms with Gasteiger partial charge in [0.05, 0.1) is 6.61 Å².